The Morgan fingerprint density at radius 3 is 2.78 bits per heavy atom. The molecule has 1 amide bonds. The van der Waals surface area contributed by atoms with E-state index in [0.717, 1.165) is 41.7 Å². The average molecular weight is 426 g/mol. The molecule has 27 heavy (non-hydrogen) atoms. The summed E-state index contributed by atoms with van der Waals surface area (Å²) >= 11 is 3.43. The molecule has 1 atom stereocenters. The number of hydrogen-bond donors (Lipinski definition) is 1. The molecule has 0 bridgehead atoms. The van der Waals surface area contributed by atoms with Gasteiger partial charge in [-0.3, -0.25) is 14.2 Å². The molecule has 0 saturated heterocycles. The topological polar surface area (TPSA) is 64.0 Å². The number of hydrogen-bond acceptors (Lipinski definition) is 3. The number of carbonyl (C=O) groups excluding carboxylic acids is 1. The van der Waals surface area contributed by atoms with E-state index in [1.54, 1.807) is 22.8 Å². The summed E-state index contributed by atoms with van der Waals surface area (Å²) in [4.78, 5) is 29.9. The van der Waals surface area contributed by atoms with Crippen LogP contribution >= 0.6 is 15.9 Å². The number of nitrogens with one attached hydrogen (secondary N) is 1. The molecule has 2 heterocycles. The van der Waals surface area contributed by atoms with Gasteiger partial charge in [-0.1, -0.05) is 35.0 Å². The molecule has 138 valence electrons. The van der Waals surface area contributed by atoms with E-state index in [9.17, 15) is 9.59 Å². The number of rotatable bonds is 4. The first-order chi connectivity index (χ1) is 13.1. The number of carbonyl (C=O) groups is 1. The normalized spacial score (nSPS) is 14.1. The highest BCUT2D eigenvalue weighted by molar-refractivity contribution is 9.10. The smallest absolute Gasteiger partial charge is 0.261 e. The van der Waals surface area contributed by atoms with E-state index in [2.05, 4.69) is 26.2 Å². The van der Waals surface area contributed by atoms with E-state index in [0.29, 0.717) is 16.5 Å². The molecule has 1 aliphatic rings. The molecular weight excluding hydrogens is 406 g/mol. The van der Waals surface area contributed by atoms with E-state index in [1.165, 1.54) is 0 Å². The molecule has 2 aromatic carbocycles. The summed E-state index contributed by atoms with van der Waals surface area (Å²) in [5, 5.41) is 3.65. The Bertz CT molecular complexity index is 1070. The van der Waals surface area contributed by atoms with E-state index in [-0.39, 0.29) is 17.5 Å². The Hall–Kier alpha value is -2.47. The van der Waals surface area contributed by atoms with Crippen LogP contribution in [0.5, 0.6) is 0 Å². The van der Waals surface area contributed by atoms with Gasteiger partial charge in [-0.15, -0.1) is 0 Å². The van der Waals surface area contributed by atoms with Crippen molar-refractivity contribution < 1.29 is 4.79 Å². The summed E-state index contributed by atoms with van der Waals surface area (Å²) in [6.07, 6.45) is 2.54. The van der Waals surface area contributed by atoms with Gasteiger partial charge < -0.3 is 5.32 Å². The van der Waals surface area contributed by atoms with Gasteiger partial charge in [0.1, 0.15) is 5.82 Å². The van der Waals surface area contributed by atoms with Crippen LogP contribution in [-0.2, 0) is 13.0 Å². The monoisotopic (exact) mass is 425 g/mol. The first-order valence-corrected chi connectivity index (χ1v) is 9.96. The molecule has 0 aliphatic carbocycles. The zero-order valence-corrected chi connectivity index (χ0v) is 16.6. The fourth-order valence-corrected chi connectivity index (χ4v) is 3.85. The Labute approximate surface area is 165 Å². The number of amides is 1. The minimum absolute atomic E-state index is 0.0132. The van der Waals surface area contributed by atoms with Crippen molar-refractivity contribution in [1.29, 1.82) is 0 Å². The average Bonchev–Trinajstić information content (AvgIpc) is 3.15. The van der Waals surface area contributed by atoms with E-state index < -0.39 is 0 Å². The van der Waals surface area contributed by atoms with Gasteiger partial charge in [-0.05, 0) is 48.7 Å². The molecule has 1 aromatic heterocycles. The SMILES string of the molecule is CC[C@@H](NC(=O)c1ccc2c(=O)n3c(nc2c1)CCC3)c1ccc(Br)cc1. The van der Waals surface area contributed by atoms with Gasteiger partial charge in [-0.2, -0.15) is 0 Å². The number of nitrogens with zero attached hydrogens (tertiary/aromatic N) is 2. The Kier molecular flexibility index (Phi) is 4.83. The fraction of sp³-hybridized carbons (Fsp3) is 0.286. The maximum atomic E-state index is 12.8. The molecule has 4 rings (SSSR count). The van der Waals surface area contributed by atoms with Crippen LogP contribution in [0.4, 0.5) is 0 Å². The van der Waals surface area contributed by atoms with Gasteiger partial charge in [0.25, 0.3) is 11.5 Å². The maximum absolute atomic E-state index is 12.8. The lowest BCUT2D eigenvalue weighted by atomic mass is 10.0. The van der Waals surface area contributed by atoms with Crippen LogP contribution in [0.3, 0.4) is 0 Å². The third kappa shape index (κ3) is 3.41. The molecule has 0 fully saturated rings. The summed E-state index contributed by atoms with van der Waals surface area (Å²) in [7, 11) is 0. The van der Waals surface area contributed by atoms with Gasteiger partial charge in [0.15, 0.2) is 0 Å². The summed E-state index contributed by atoms with van der Waals surface area (Å²) in [6, 6.07) is 13.0. The Morgan fingerprint density at radius 1 is 1.26 bits per heavy atom. The number of aromatic nitrogens is 2. The summed E-state index contributed by atoms with van der Waals surface area (Å²) < 4.78 is 2.75. The van der Waals surface area contributed by atoms with E-state index in [1.807, 2.05) is 31.2 Å². The van der Waals surface area contributed by atoms with Gasteiger partial charge >= 0.3 is 0 Å². The van der Waals surface area contributed by atoms with Crippen LogP contribution in [0.25, 0.3) is 10.9 Å². The molecule has 3 aromatic rings. The second kappa shape index (κ2) is 7.27. The number of benzene rings is 2. The van der Waals surface area contributed by atoms with Gasteiger partial charge in [0, 0.05) is 23.0 Å². The minimum Gasteiger partial charge on any atom is -0.345 e. The highest BCUT2D eigenvalue weighted by Crippen LogP contribution is 2.21. The second-order valence-corrected chi connectivity index (χ2v) is 7.72. The first kappa shape index (κ1) is 17.9. The predicted octanol–water partition coefficient (Wildman–Crippen LogP) is 3.99. The second-order valence-electron chi connectivity index (χ2n) is 6.81. The van der Waals surface area contributed by atoms with Crippen molar-refractivity contribution in [2.45, 2.75) is 38.8 Å². The zero-order chi connectivity index (χ0) is 19.0. The standard InChI is InChI=1S/C21H20BrN3O2/c1-2-17(13-5-8-15(22)9-6-13)24-20(26)14-7-10-16-18(12-14)23-19-4-3-11-25(19)21(16)27/h5-10,12,17H,2-4,11H2,1H3,(H,24,26)/t17-/m1/s1. The lowest BCUT2D eigenvalue weighted by Gasteiger charge is -2.18. The largest absolute Gasteiger partial charge is 0.345 e. The lowest BCUT2D eigenvalue weighted by Crippen LogP contribution is -2.28. The molecule has 1 N–H and O–H groups in total. The molecule has 0 spiro atoms. The van der Waals surface area contributed by atoms with E-state index in [4.69, 9.17) is 0 Å². The predicted molar refractivity (Wildman–Crippen MR) is 109 cm³/mol. The van der Waals surface area contributed by atoms with Gasteiger partial charge in [0.05, 0.1) is 16.9 Å². The molecule has 5 nitrogen and oxygen atoms in total. The Morgan fingerprint density at radius 2 is 2.04 bits per heavy atom. The van der Waals surface area contributed by atoms with Crippen LogP contribution in [0.15, 0.2) is 51.7 Å². The third-order valence-electron chi connectivity index (χ3n) is 5.06. The summed E-state index contributed by atoms with van der Waals surface area (Å²) in [5.41, 5.74) is 2.16. The summed E-state index contributed by atoms with van der Waals surface area (Å²) in [5.74, 6) is 0.653. The number of aryl methyl sites for hydroxylation is 1. The Balaban J connectivity index is 1.63. The number of fused-ring (bicyclic) bond motifs is 2. The van der Waals surface area contributed by atoms with Crippen molar-refractivity contribution in [2.24, 2.45) is 0 Å². The van der Waals surface area contributed by atoms with Crippen LogP contribution in [0.1, 0.15) is 47.6 Å². The highest BCUT2D eigenvalue weighted by Gasteiger charge is 2.18. The van der Waals surface area contributed by atoms with Crippen molar-refractivity contribution in [1.82, 2.24) is 14.9 Å². The first-order valence-electron chi connectivity index (χ1n) is 9.16. The molecular formula is C21H20BrN3O2. The van der Waals surface area contributed by atoms with Crippen molar-refractivity contribution in [3.05, 3.63) is 74.2 Å². The van der Waals surface area contributed by atoms with Crippen molar-refractivity contribution >= 4 is 32.7 Å². The molecule has 0 radical (unpaired) electrons. The van der Waals surface area contributed by atoms with Crippen LogP contribution < -0.4 is 10.9 Å². The van der Waals surface area contributed by atoms with Crippen molar-refractivity contribution in [3.63, 3.8) is 0 Å². The minimum atomic E-state index is -0.158. The van der Waals surface area contributed by atoms with Crippen LogP contribution in [-0.4, -0.2) is 15.5 Å². The van der Waals surface area contributed by atoms with Crippen molar-refractivity contribution in [2.75, 3.05) is 0 Å². The quantitative estimate of drug-likeness (QED) is 0.687. The molecule has 6 heteroatoms. The van der Waals surface area contributed by atoms with Crippen LogP contribution in [0.2, 0.25) is 0 Å². The lowest BCUT2D eigenvalue weighted by molar-refractivity contribution is 0.0935. The molecule has 1 aliphatic heterocycles. The van der Waals surface area contributed by atoms with Crippen molar-refractivity contribution in [3.8, 4) is 0 Å². The van der Waals surface area contributed by atoms with Gasteiger partial charge in [0.2, 0.25) is 0 Å². The number of halogens is 1. The molecule has 0 unspecified atom stereocenters. The fourth-order valence-electron chi connectivity index (χ4n) is 3.58. The van der Waals surface area contributed by atoms with Gasteiger partial charge in [-0.25, -0.2) is 4.98 Å². The summed E-state index contributed by atoms with van der Waals surface area (Å²) in [6.45, 7) is 2.77. The molecule has 0 saturated carbocycles. The van der Waals surface area contributed by atoms with Crippen LogP contribution in [0, 0.1) is 0 Å². The zero-order valence-electron chi connectivity index (χ0n) is 15.0. The highest BCUT2D eigenvalue weighted by atomic mass is 79.9. The third-order valence-corrected chi connectivity index (χ3v) is 5.59. The van der Waals surface area contributed by atoms with E-state index >= 15 is 0 Å². The maximum Gasteiger partial charge on any atom is 0.261 e.